The highest BCUT2D eigenvalue weighted by Crippen LogP contribution is 2.42. The third-order valence-corrected chi connectivity index (χ3v) is 5.45. The van der Waals surface area contributed by atoms with Gasteiger partial charge >= 0.3 is 0 Å². The molecule has 0 atom stereocenters. The molecule has 6 heteroatoms. The van der Waals surface area contributed by atoms with Crippen LogP contribution < -0.4 is 24.8 Å². The quantitative estimate of drug-likeness (QED) is 0.229. The average Bonchev–Trinajstić information content (AvgIpc) is 2.91. The molecule has 0 aromatic heterocycles. The van der Waals surface area contributed by atoms with E-state index in [4.69, 9.17) is 25.4 Å². The summed E-state index contributed by atoms with van der Waals surface area (Å²) in [6.07, 6.45) is 0. The second-order valence-electron chi connectivity index (χ2n) is 8.04. The van der Waals surface area contributed by atoms with E-state index in [-0.39, 0.29) is 5.96 Å². The first-order valence-electron chi connectivity index (χ1n) is 11.4. The standard InChI is InChI=1S/C29H29N3O3/c1-32(29(30)31)25-17-26(33-19-22-11-5-2-6-12-22)28(35-21-24-15-9-4-10-16-24)27(18-25)34-20-23-13-7-3-8-14-23/h2-18H,19-21H2,1H3,(H3,30,31). The summed E-state index contributed by atoms with van der Waals surface area (Å²) in [5.41, 5.74) is 9.51. The molecule has 0 saturated heterocycles. The Morgan fingerprint density at radius 2 is 1.03 bits per heavy atom. The van der Waals surface area contributed by atoms with Crippen molar-refractivity contribution < 1.29 is 14.2 Å². The van der Waals surface area contributed by atoms with E-state index in [1.807, 2.05) is 103 Å². The van der Waals surface area contributed by atoms with E-state index < -0.39 is 0 Å². The zero-order valence-electron chi connectivity index (χ0n) is 19.7. The highest BCUT2D eigenvalue weighted by atomic mass is 16.5. The van der Waals surface area contributed by atoms with Gasteiger partial charge in [0.25, 0.3) is 0 Å². The molecule has 0 heterocycles. The highest BCUT2D eigenvalue weighted by molar-refractivity contribution is 5.92. The molecule has 0 saturated carbocycles. The number of benzene rings is 4. The molecule has 6 nitrogen and oxygen atoms in total. The number of ether oxygens (including phenoxy) is 3. The number of nitrogens with zero attached hydrogens (tertiary/aromatic N) is 1. The molecule has 0 aliphatic rings. The second kappa shape index (κ2) is 11.6. The van der Waals surface area contributed by atoms with Gasteiger partial charge in [0.2, 0.25) is 5.75 Å². The largest absolute Gasteiger partial charge is 0.485 e. The lowest BCUT2D eigenvalue weighted by Crippen LogP contribution is -2.32. The van der Waals surface area contributed by atoms with Gasteiger partial charge in [0.15, 0.2) is 17.5 Å². The molecule has 35 heavy (non-hydrogen) atoms. The van der Waals surface area contributed by atoms with Gasteiger partial charge in [-0.2, -0.15) is 0 Å². The van der Waals surface area contributed by atoms with E-state index in [9.17, 15) is 0 Å². The van der Waals surface area contributed by atoms with Crippen LogP contribution in [0.5, 0.6) is 17.2 Å². The lowest BCUT2D eigenvalue weighted by molar-refractivity contribution is 0.230. The smallest absolute Gasteiger partial charge is 0.204 e. The summed E-state index contributed by atoms with van der Waals surface area (Å²) in [6, 6.07) is 33.4. The van der Waals surface area contributed by atoms with Crippen LogP contribution in [0.15, 0.2) is 103 Å². The fraction of sp³-hybridized carbons (Fsp3) is 0.138. The van der Waals surface area contributed by atoms with E-state index in [2.05, 4.69) is 0 Å². The van der Waals surface area contributed by atoms with Crippen molar-refractivity contribution in [1.29, 1.82) is 5.41 Å². The fourth-order valence-electron chi connectivity index (χ4n) is 3.45. The Labute approximate surface area is 206 Å². The van der Waals surface area contributed by atoms with Gasteiger partial charge in [0.05, 0.1) is 5.69 Å². The first-order chi connectivity index (χ1) is 17.1. The molecule has 0 radical (unpaired) electrons. The monoisotopic (exact) mass is 467 g/mol. The predicted molar refractivity (Wildman–Crippen MR) is 139 cm³/mol. The molecule has 0 aliphatic heterocycles. The second-order valence-corrected chi connectivity index (χ2v) is 8.04. The Kier molecular flexibility index (Phi) is 7.86. The maximum Gasteiger partial charge on any atom is 0.204 e. The number of hydrogen-bond acceptors (Lipinski definition) is 4. The van der Waals surface area contributed by atoms with Crippen LogP contribution in [0.2, 0.25) is 0 Å². The molecule has 0 bridgehead atoms. The zero-order chi connectivity index (χ0) is 24.5. The minimum Gasteiger partial charge on any atom is -0.485 e. The van der Waals surface area contributed by atoms with Gasteiger partial charge in [-0.05, 0) is 16.7 Å². The third-order valence-electron chi connectivity index (χ3n) is 5.45. The van der Waals surface area contributed by atoms with E-state index >= 15 is 0 Å². The highest BCUT2D eigenvalue weighted by Gasteiger charge is 2.19. The van der Waals surface area contributed by atoms with Crippen LogP contribution >= 0.6 is 0 Å². The summed E-state index contributed by atoms with van der Waals surface area (Å²) in [5, 5.41) is 7.89. The number of nitrogens with two attached hydrogens (primary N) is 1. The zero-order valence-corrected chi connectivity index (χ0v) is 19.7. The van der Waals surface area contributed by atoms with Gasteiger partial charge in [0.1, 0.15) is 19.8 Å². The Morgan fingerprint density at radius 3 is 1.40 bits per heavy atom. The topological polar surface area (TPSA) is 80.8 Å². The van der Waals surface area contributed by atoms with E-state index in [0.717, 1.165) is 16.7 Å². The van der Waals surface area contributed by atoms with Crippen LogP contribution in [0.1, 0.15) is 16.7 Å². The summed E-state index contributed by atoms with van der Waals surface area (Å²) in [6.45, 7) is 1.06. The van der Waals surface area contributed by atoms with Crippen molar-refractivity contribution >= 4 is 11.6 Å². The first kappa shape index (κ1) is 23.7. The minimum atomic E-state index is -0.0917. The molecule has 0 amide bonds. The van der Waals surface area contributed by atoms with Crippen molar-refractivity contribution in [3.05, 3.63) is 120 Å². The molecule has 4 rings (SSSR count). The lowest BCUT2D eigenvalue weighted by atomic mass is 10.2. The van der Waals surface area contributed by atoms with Crippen molar-refractivity contribution in [1.82, 2.24) is 0 Å². The molecule has 0 fully saturated rings. The molecule has 178 valence electrons. The summed E-state index contributed by atoms with van der Waals surface area (Å²) in [7, 11) is 1.73. The van der Waals surface area contributed by atoms with Gasteiger partial charge in [0, 0.05) is 19.2 Å². The Morgan fingerprint density at radius 1 is 0.657 bits per heavy atom. The molecule has 0 aliphatic carbocycles. The van der Waals surface area contributed by atoms with Gasteiger partial charge < -0.3 is 24.8 Å². The predicted octanol–water partition coefficient (Wildman–Crippen LogP) is 5.75. The Balaban J connectivity index is 1.69. The number of guanidine groups is 1. The molecular formula is C29H29N3O3. The van der Waals surface area contributed by atoms with E-state index in [0.29, 0.717) is 42.8 Å². The van der Waals surface area contributed by atoms with Crippen molar-refractivity contribution in [3.8, 4) is 17.2 Å². The van der Waals surface area contributed by atoms with Crippen LogP contribution in [-0.4, -0.2) is 13.0 Å². The Hall–Kier alpha value is -4.45. The van der Waals surface area contributed by atoms with Crippen LogP contribution in [0.4, 0.5) is 5.69 Å². The molecule has 4 aromatic rings. The van der Waals surface area contributed by atoms with Crippen LogP contribution in [0, 0.1) is 5.41 Å². The lowest BCUT2D eigenvalue weighted by Gasteiger charge is -2.22. The summed E-state index contributed by atoms with van der Waals surface area (Å²) < 4.78 is 18.7. The SMILES string of the molecule is CN(C(=N)N)c1cc(OCc2ccccc2)c(OCc2ccccc2)c(OCc2ccccc2)c1. The summed E-state index contributed by atoms with van der Waals surface area (Å²) >= 11 is 0. The van der Waals surface area contributed by atoms with Gasteiger partial charge in [-0.3, -0.25) is 5.41 Å². The normalized spacial score (nSPS) is 10.4. The van der Waals surface area contributed by atoms with Crippen LogP contribution in [0.25, 0.3) is 0 Å². The first-order valence-corrected chi connectivity index (χ1v) is 11.4. The number of hydrogen-bond donors (Lipinski definition) is 2. The maximum atomic E-state index is 7.89. The van der Waals surface area contributed by atoms with Gasteiger partial charge in [-0.1, -0.05) is 91.0 Å². The molecule has 0 spiro atoms. The van der Waals surface area contributed by atoms with Crippen molar-refractivity contribution in [2.75, 3.05) is 11.9 Å². The van der Waals surface area contributed by atoms with Crippen LogP contribution in [0.3, 0.4) is 0 Å². The summed E-state index contributed by atoms with van der Waals surface area (Å²) in [4.78, 5) is 1.56. The van der Waals surface area contributed by atoms with E-state index in [1.54, 1.807) is 11.9 Å². The van der Waals surface area contributed by atoms with Crippen molar-refractivity contribution in [2.24, 2.45) is 5.73 Å². The van der Waals surface area contributed by atoms with E-state index in [1.165, 1.54) is 0 Å². The van der Waals surface area contributed by atoms with Crippen molar-refractivity contribution in [3.63, 3.8) is 0 Å². The van der Waals surface area contributed by atoms with Gasteiger partial charge in [-0.15, -0.1) is 0 Å². The Bertz CT molecular complexity index is 1170. The van der Waals surface area contributed by atoms with Crippen molar-refractivity contribution in [2.45, 2.75) is 19.8 Å². The number of rotatable bonds is 10. The maximum absolute atomic E-state index is 7.89. The number of nitrogens with one attached hydrogen (secondary N) is 1. The fourth-order valence-corrected chi connectivity index (χ4v) is 3.45. The molecular weight excluding hydrogens is 438 g/mol. The molecule has 0 unspecified atom stereocenters. The third kappa shape index (κ3) is 6.54. The number of anilines is 1. The minimum absolute atomic E-state index is 0.0917. The molecule has 4 aromatic carbocycles. The van der Waals surface area contributed by atoms with Gasteiger partial charge in [-0.25, -0.2) is 0 Å². The average molecular weight is 468 g/mol. The van der Waals surface area contributed by atoms with Crippen LogP contribution in [-0.2, 0) is 19.8 Å². The molecule has 3 N–H and O–H groups in total. The summed E-state index contributed by atoms with van der Waals surface area (Å²) in [5.74, 6) is 1.43.